The number of allylic oxidation sites excluding steroid dienone is 9. The fraction of sp³-hybridized carbons (Fsp3) is 0.212. The van der Waals surface area contributed by atoms with Gasteiger partial charge in [0.25, 0.3) is 0 Å². The number of aryl methyl sites for hydroxylation is 14. The summed E-state index contributed by atoms with van der Waals surface area (Å²) >= 11 is 0. The molecule has 0 aromatic heterocycles. The second-order valence-electron chi connectivity index (χ2n) is 29.7. The molecule has 0 spiro atoms. The van der Waals surface area contributed by atoms with Crippen LogP contribution < -0.4 is 4.74 Å². The predicted molar refractivity (Wildman–Crippen MR) is 463 cm³/mol. The Kier molecular flexibility index (Phi) is 20.0. The zero-order chi connectivity index (χ0) is 72.6. The van der Waals surface area contributed by atoms with Crippen molar-refractivity contribution in [1.82, 2.24) is 0 Å². The lowest BCUT2D eigenvalue weighted by Gasteiger charge is -2.26. The van der Waals surface area contributed by atoms with Crippen molar-refractivity contribution in [2.24, 2.45) is 0 Å². The van der Waals surface area contributed by atoms with Crippen LogP contribution in [-0.2, 0) is 64.2 Å². The summed E-state index contributed by atoms with van der Waals surface area (Å²) in [5.41, 5.74) is 22.3. The van der Waals surface area contributed by atoms with Gasteiger partial charge in [-0.25, -0.2) is 0 Å². The summed E-state index contributed by atoms with van der Waals surface area (Å²) < 4.78 is 5.26. The standard InChI is InChI=1S/4C19H14.C10H12O.C7H12.C6H10.C5H8/c1-11-2-3-12-4-9-17-16-8-5-13(16)10-14-6-7-15(11)18(12)19(14)17;1-11-8-13-2-3-15-10-12-4-6-16(12)17-7-5-14(9-11)18(13)19(15)17;1-11-5-7-17-15-10-9-14(15)16-4-2-3-12-6-8-13(11)19(17)18(12)16;1-11-9-13-6-5-12-3-2-4-16-14-7-8-15(14)17(10-11)19(13)18(12)16;1-7-5-8-3-4-9(8)10(6-7)11-2;1-3-5-7-6-4-2;1-3-5-6-4-2;1-3-5-4-2/h2-4,6-7,9-10H,5,8H2,1H3;2-3,5,7-10H,4,6H2,1H3;2-8H,9-10H2,1H3;2-6,9-10H,7-8H2,1H3;5-6H,3-4H2,1-2H3;3,5,7H,1,4,6H2,2H3;3,5-6H,1,4H2,2H3;3-5H,1H2,2H3/b;;;;;7-5+;6-5+;5-4+. The van der Waals surface area contributed by atoms with Crippen LogP contribution in [0.15, 0.2) is 256 Å². The highest BCUT2D eigenvalue weighted by atomic mass is 16.5. The lowest BCUT2D eigenvalue weighted by atomic mass is 9.78. The molecule has 0 unspecified atom stereocenters. The molecule has 1 nitrogen and oxygen atoms in total. The molecule has 0 saturated heterocycles. The smallest absolute Gasteiger partial charge is 0.122 e. The summed E-state index contributed by atoms with van der Waals surface area (Å²) in [7, 11) is 1.74. The average Bonchev–Trinajstić information content (AvgIpc) is 0.735. The molecule has 0 aliphatic heterocycles. The van der Waals surface area contributed by atoms with Crippen LogP contribution in [0.1, 0.15) is 123 Å². The molecule has 1 heteroatoms. The molecule has 105 heavy (non-hydrogen) atoms. The van der Waals surface area contributed by atoms with Gasteiger partial charge in [-0.3, -0.25) is 0 Å². The number of ether oxygens (including phenoxy) is 1. The van der Waals surface area contributed by atoms with Crippen molar-refractivity contribution in [1.29, 1.82) is 0 Å². The minimum absolute atomic E-state index is 1.08. The normalized spacial score (nSPS) is 13.3. The first-order valence-corrected chi connectivity index (χ1v) is 38.6. The van der Waals surface area contributed by atoms with Gasteiger partial charge in [-0.15, -0.1) is 0 Å². The minimum Gasteiger partial charge on any atom is -0.496 e. The lowest BCUT2D eigenvalue weighted by Crippen LogP contribution is -2.10. The van der Waals surface area contributed by atoms with Crippen LogP contribution in [0.3, 0.4) is 0 Å². The molecule has 0 heterocycles. The van der Waals surface area contributed by atoms with E-state index in [1.165, 1.54) is 245 Å². The van der Waals surface area contributed by atoms with Gasteiger partial charge in [0.1, 0.15) is 5.75 Å². The summed E-state index contributed by atoms with van der Waals surface area (Å²) in [5, 5.41) is 34.7. The van der Waals surface area contributed by atoms with Crippen LogP contribution in [0, 0.1) is 34.6 Å². The number of hydrogen-bond acceptors (Lipinski definition) is 1. The summed E-state index contributed by atoms with van der Waals surface area (Å²) in [6, 6.07) is 68.6. The molecule has 5 aliphatic rings. The second kappa shape index (κ2) is 30.1. The summed E-state index contributed by atoms with van der Waals surface area (Å²) in [6.07, 6.45) is 33.2. The Balaban J connectivity index is 0.000000100. The van der Waals surface area contributed by atoms with Crippen LogP contribution >= 0.6 is 0 Å². The number of fused-ring (bicyclic) bond motifs is 11. The summed E-state index contributed by atoms with van der Waals surface area (Å²) in [4.78, 5) is 0. The Labute approximate surface area is 621 Å². The van der Waals surface area contributed by atoms with Gasteiger partial charge in [-0.1, -0.05) is 271 Å². The van der Waals surface area contributed by atoms with E-state index in [1.807, 2.05) is 31.2 Å². The Morgan fingerprint density at radius 2 is 0.676 bits per heavy atom. The Bertz CT molecular complexity index is 6220. The minimum atomic E-state index is 1.08. The molecule has 0 fully saturated rings. The quantitative estimate of drug-likeness (QED) is 0.114. The monoisotopic (exact) mass is 1360 g/mol. The molecule has 0 saturated carbocycles. The van der Waals surface area contributed by atoms with Gasteiger partial charge in [-0.2, -0.15) is 0 Å². The van der Waals surface area contributed by atoms with E-state index in [9.17, 15) is 0 Å². The lowest BCUT2D eigenvalue weighted by molar-refractivity contribution is 0.405. The molecule has 0 atom stereocenters. The van der Waals surface area contributed by atoms with Gasteiger partial charge in [-0.05, 0) is 337 Å². The number of unbranched alkanes of at least 4 members (excludes halogenated alkanes) is 1. The van der Waals surface area contributed by atoms with Crippen molar-refractivity contribution in [2.45, 2.75) is 139 Å². The molecular formula is C104H98O. The Hall–Kier alpha value is -10.9. The molecule has 17 aromatic rings. The van der Waals surface area contributed by atoms with Crippen LogP contribution in [0.5, 0.6) is 5.75 Å². The zero-order valence-corrected chi connectivity index (χ0v) is 63.2. The van der Waals surface area contributed by atoms with Crippen molar-refractivity contribution in [3.8, 4) is 5.75 Å². The van der Waals surface area contributed by atoms with Crippen molar-refractivity contribution in [3.05, 3.63) is 340 Å². The van der Waals surface area contributed by atoms with Gasteiger partial charge in [0.15, 0.2) is 0 Å². The van der Waals surface area contributed by atoms with Crippen molar-refractivity contribution in [2.75, 3.05) is 7.11 Å². The number of benzene rings is 17. The predicted octanol–water partition coefficient (Wildman–Crippen LogP) is 28.5. The molecule has 5 aliphatic carbocycles. The topological polar surface area (TPSA) is 9.23 Å². The van der Waals surface area contributed by atoms with Gasteiger partial charge < -0.3 is 4.74 Å². The largest absolute Gasteiger partial charge is 0.496 e. The maximum atomic E-state index is 5.26. The van der Waals surface area contributed by atoms with Crippen molar-refractivity contribution >= 4 is 129 Å². The highest BCUT2D eigenvalue weighted by Crippen LogP contribution is 2.48. The molecule has 520 valence electrons. The number of hydrogen-bond donors (Lipinski definition) is 0. The Morgan fingerprint density at radius 3 is 1.17 bits per heavy atom. The van der Waals surface area contributed by atoms with E-state index >= 15 is 0 Å². The molecule has 22 rings (SSSR count). The summed E-state index contributed by atoms with van der Waals surface area (Å²) in [5.74, 6) is 1.08. The van der Waals surface area contributed by atoms with E-state index in [4.69, 9.17) is 4.74 Å². The molecular weight excluding hydrogens is 1270 g/mol. The van der Waals surface area contributed by atoms with Crippen LogP contribution in [-0.4, -0.2) is 7.11 Å². The van der Waals surface area contributed by atoms with Gasteiger partial charge in [0.2, 0.25) is 0 Å². The fourth-order valence-electron chi connectivity index (χ4n) is 17.6. The highest BCUT2D eigenvalue weighted by molar-refractivity contribution is 6.28. The molecule has 0 N–H and O–H groups in total. The first kappa shape index (κ1) is 69.8. The third kappa shape index (κ3) is 12.9. The molecule has 0 amide bonds. The second-order valence-corrected chi connectivity index (χ2v) is 29.7. The van der Waals surface area contributed by atoms with E-state index in [0.29, 0.717) is 0 Å². The van der Waals surface area contributed by atoms with E-state index in [2.05, 4.69) is 262 Å². The van der Waals surface area contributed by atoms with E-state index in [-0.39, 0.29) is 0 Å². The van der Waals surface area contributed by atoms with E-state index in [1.54, 1.807) is 69.8 Å². The molecule has 0 bridgehead atoms. The molecule has 0 radical (unpaired) electrons. The van der Waals surface area contributed by atoms with E-state index in [0.717, 1.165) is 12.2 Å². The van der Waals surface area contributed by atoms with E-state index < -0.39 is 0 Å². The van der Waals surface area contributed by atoms with Gasteiger partial charge in [0.05, 0.1) is 7.11 Å². The third-order valence-corrected chi connectivity index (χ3v) is 23.1. The van der Waals surface area contributed by atoms with Crippen molar-refractivity contribution in [3.63, 3.8) is 0 Å². The zero-order valence-electron chi connectivity index (χ0n) is 63.2. The maximum Gasteiger partial charge on any atom is 0.122 e. The number of rotatable bonds is 7. The van der Waals surface area contributed by atoms with Crippen molar-refractivity contribution < 1.29 is 4.74 Å². The molecule has 17 aromatic carbocycles. The fourth-order valence-corrected chi connectivity index (χ4v) is 17.6. The highest BCUT2D eigenvalue weighted by Gasteiger charge is 2.26. The SMILES string of the molecule is C=C/C=C/C.C=C/C=C/CC.C=C/C=C/CCC.COc1cc(C)cc2c1CC2.Cc1cc2ccc3cc4c(c5ccc(c1)c2c35)CC4.Cc1cc2ccc3cccc4c5c(c(c1)c2c34)CC5.Cc1ccc2c3c(c4cccc5ccc1c2c54)CC3.Cc1ccc2ccc3c4c(cc5ccc1c2c53)CC4. The third-order valence-electron chi connectivity index (χ3n) is 23.1. The summed E-state index contributed by atoms with van der Waals surface area (Å²) in [6.45, 7) is 27.7. The van der Waals surface area contributed by atoms with Crippen LogP contribution in [0.2, 0.25) is 0 Å². The Morgan fingerprint density at radius 1 is 0.314 bits per heavy atom. The van der Waals surface area contributed by atoms with Gasteiger partial charge >= 0.3 is 0 Å². The van der Waals surface area contributed by atoms with Gasteiger partial charge in [0, 0.05) is 0 Å². The van der Waals surface area contributed by atoms with Crippen LogP contribution in [0.25, 0.3) is 129 Å². The van der Waals surface area contributed by atoms with Crippen LogP contribution in [0.4, 0.5) is 0 Å². The average molecular weight is 1360 g/mol. The first-order chi connectivity index (χ1) is 51.4. The number of methoxy groups -OCH3 is 1. The first-order valence-electron chi connectivity index (χ1n) is 38.6. The maximum absolute atomic E-state index is 5.26.